The molecule has 0 atom stereocenters. The van der Waals surface area contributed by atoms with E-state index in [0.717, 1.165) is 12.3 Å². The Morgan fingerprint density at radius 1 is 1.47 bits per heavy atom. The van der Waals surface area contributed by atoms with Gasteiger partial charge in [0.05, 0.1) is 0 Å². The molecule has 1 aromatic rings. The second-order valence-electron chi connectivity index (χ2n) is 3.00. The van der Waals surface area contributed by atoms with Gasteiger partial charge in [-0.15, -0.1) is 4.83 Å². The molecule has 84 valence electrons. The van der Waals surface area contributed by atoms with Crippen LogP contribution in [0.15, 0.2) is 22.0 Å². The number of nitrogens with zero attached hydrogens (tertiary/aromatic N) is 1. The monoisotopic (exact) mass is 251 g/mol. The summed E-state index contributed by atoms with van der Waals surface area (Å²) in [6.45, 7) is 0. The van der Waals surface area contributed by atoms with E-state index in [0.29, 0.717) is 0 Å². The first-order valence-corrected chi connectivity index (χ1v) is 5.77. The van der Waals surface area contributed by atoms with Gasteiger partial charge in [-0.25, -0.2) is 13.4 Å². The molecule has 2 N–H and O–H groups in total. The van der Waals surface area contributed by atoms with Crippen molar-refractivity contribution in [2.75, 3.05) is 14.1 Å². The zero-order chi connectivity index (χ0) is 11.6. The second-order valence-corrected chi connectivity index (χ2v) is 5.07. The SMILES string of the molecule is CN(C)NS(=O)(=O)c1c[nH]c(=O)c(Cl)c1. The fourth-order valence-corrected chi connectivity index (χ4v) is 2.20. The summed E-state index contributed by atoms with van der Waals surface area (Å²) in [4.78, 5) is 15.2. The number of sulfonamides is 1. The molecule has 1 rings (SSSR count). The highest BCUT2D eigenvalue weighted by Gasteiger charge is 2.15. The number of halogens is 1. The first-order valence-electron chi connectivity index (χ1n) is 3.91. The summed E-state index contributed by atoms with van der Waals surface area (Å²) in [6, 6.07) is 1.09. The lowest BCUT2D eigenvalue weighted by atomic mass is 10.5. The van der Waals surface area contributed by atoms with Crippen LogP contribution in [0.5, 0.6) is 0 Å². The maximum atomic E-state index is 11.6. The van der Waals surface area contributed by atoms with Gasteiger partial charge >= 0.3 is 0 Å². The number of aromatic nitrogens is 1. The normalized spacial score (nSPS) is 12.0. The van der Waals surface area contributed by atoms with Crippen LogP contribution in [0, 0.1) is 0 Å². The van der Waals surface area contributed by atoms with Crippen molar-refractivity contribution in [1.29, 1.82) is 0 Å². The molecule has 0 spiro atoms. The van der Waals surface area contributed by atoms with Crippen LogP contribution in [-0.2, 0) is 10.0 Å². The summed E-state index contributed by atoms with van der Waals surface area (Å²) >= 11 is 5.51. The molecule has 0 aliphatic heterocycles. The van der Waals surface area contributed by atoms with E-state index in [1.807, 2.05) is 0 Å². The summed E-state index contributed by atoms with van der Waals surface area (Å²) in [7, 11) is -0.612. The summed E-state index contributed by atoms with van der Waals surface area (Å²) in [5.41, 5.74) is -0.527. The van der Waals surface area contributed by atoms with Gasteiger partial charge in [0.2, 0.25) is 0 Å². The molecule has 1 heterocycles. The van der Waals surface area contributed by atoms with E-state index < -0.39 is 15.6 Å². The summed E-state index contributed by atoms with van der Waals surface area (Å²) in [5.74, 6) is 0. The van der Waals surface area contributed by atoms with Crippen LogP contribution >= 0.6 is 11.6 Å². The number of aromatic amines is 1. The van der Waals surface area contributed by atoms with Gasteiger partial charge in [-0.05, 0) is 6.07 Å². The number of nitrogens with one attached hydrogen (secondary N) is 2. The van der Waals surface area contributed by atoms with Crippen molar-refractivity contribution in [1.82, 2.24) is 14.8 Å². The third-order valence-corrected chi connectivity index (χ3v) is 3.19. The summed E-state index contributed by atoms with van der Waals surface area (Å²) in [5, 5.41) is 1.10. The standard InChI is InChI=1S/C7H10ClN3O3S/c1-11(2)10-15(13,14)5-3-6(8)7(12)9-4-5/h3-4,10H,1-2H3,(H,9,12). The fourth-order valence-electron chi connectivity index (χ4n) is 0.886. The van der Waals surface area contributed by atoms with Gasteiger partial charge < -0.3 is 4.98 Å². The first kappa shape index (κ1) is 12.2. The molecule has 0 unspecified atom stereocenters. The van der Waals surface area contributed by atoms with Gasteiger partial charge in [-0.3, -0.25) is 4.79 Å². The third-order valence-electron chi connectivity index (χ3n) is 1.44. The highest BCUT2D eigenvalue weighted by atomic mass is 35.5. The predicted molar refractivity (Wildman–Crippen MR) is 56.1 cm³/mol. The Kier molecular flexibility index (Phi) is 3.50. The number of H-pyrrole nitrogens is 1. The molecule has 0 bridgehead atoms. The van der Waals surface area contributed by atoms with Crippen LogP contribution in [0.3, 0.4) is 0 Å². The second kappa shape index (κ2) is 4.31. The number of hydrogen-bond acceptors (Lipinski definition) is 4. The third kappa shape index (κ3) is 3.03. The van der Waals surface area contributed by atoms with Crippen LogP contribution in [0.4, 0.5) is 0 Å². The molecule has 0 fully saturated rings. The van der Waals surface area contributed by atoms with E-state index in [-0.39, 0.29) is 9.92 Å². The van der Waals surface area contributed by atoms with E-state index in [2.05, 4.69) is 9.82 Å². The number of pyridine rings is 1. The van der Waals surface area contributed by atoms with Gasteiger partial charge in [0.1, 0.15) is 9.92 Å². The lowest BCUT2D eigenvalue weighted by molar-refractivity contribution is 0.364. The molecule has 1 aromatic heterocycles. The summed E-state index contributed by atoms with van der Waals surface area (Å²) in [6.07, 6.45) is 1.08. The van der Waals surface area contributed by atoms with E-state index in [1.54, 1.807) is 0 Å². The molecule has 0 aliphatic rings. The van der Waals surface area contributed by atoms with Crippen LogP contribution in [0.2, 0.25) is 5.02 Å². The number of rotatable bonds is 3. The van der Waals surface area contributed by atoms with Crippen molar-refractivity contribution in [2.24, 2.45) is 0 Å². The minimum atomic E-state index is -3.68. The Hall–Kier alpha value is -0.890. The topological polar surface area (TPSA) is 82.3 Å². The Bertz CT molecular complexity index is 508. The van der Waals surface area contributed by atoms with Crippen LogP contribution in [-0.4, -0.2) is 32.5 Å². The average Bonchev–Trinajstić information content (AvgIpc) is 2.07. The average molecular weight is 252 g/mol. The van der Waals surface area contributed by atoms with Crippen molar-refractivity contribution in [2.45, 2.75) is 4.90 Å². The highest BCUT2D eigenvalue weighted by molar-refractivity contribution is 7.89. The Morgan fingerprint density at radius 3 is 2.53 bits per heavy atom. The molecule has 0 radical (unpaired) electrons. The van der Waals surface area contributed by atoms with Crippen LogP contribution < -0.4 is 10.4 Å². The molecular formula is C7H10ClN3O3S. The van der Waals surface area contributed by atoms with Gasteiger partial charge in [-0.1, -0.05) is 11.6 Å². The molecule has 8 heteroatoms. The molecule has 0 aliphatic carbocycles. The van der Waals surface area contributed by atoms with Crippen molar-refractivity contribution in [3.63, 3.8) is 0 Å². The molecule has 6 nitrogen and oxygen atoms in total. The van der Waals surface area contributed by atoms with E-state index in [4.69, 9.17) is 11.6 Å². The maximum absolute atomic E-state index is 11.6. The maximum Gasteiger partial charge on any atom is 0.266 e. The van der Waals surface area contributed by atoms with Gasteiger partial charge in [-0.2, -0.15) is 0 Å². The van der Waals surface area contributed by atoms with Gasteiger partial charge in [0, 0.05) is 20.3 Å². The molecule has 0 amide bonds. The van der Waals surface area contributed by atoms with E-state index in [1.165, 1.54) is 19.1 Å². The van der Waals surface area contributed by atoms with Gasteiger partial charge in [0.15, 0.2) is 0 Å². The van der Waals surface area contributed by atoms with Crippen molar-refractivity contribution in [3.05, 3.63) is 27.6 Å². The van der Waals surface area contributed by atoms with Gasteiger partial charge in [0.25, 0.3) is 15.6 Å². The number of hydrazine groups is 1. The fraction of sp³-hybridized carbons (Fsp3) is 0.286. The Labute approximate surface area is 91.9 Å². The van der Waals surface area contributed by atoms with Crippen LogP contribution in [0.1, 0.15) is 0 Å². The quantitative estimate of drug-likeness (QED) is 0.728. The van der Waals surface area contributed by atoms with E-state index in [9.17, 15) is 13.2 Å². The zero-order valence-corrected chi connectivity index (χ0v) is 9.69. The van der Waals surface area contributed by atoms with Crippen molar-refractivity contribution >= 4 is 21.6 Å². The smallest absolute Gasteiger partial charge is 0.266 e. The Balaban J connectivity index is 3.17. The molecule has 0 saturated carbocycles. The predicted octanol–water partition coefficient (Wildman–Crippen LogP) is -0.217. The number of hydrogen-bond donors (Lipinski definition) is 2. The largest absolute Gasteiger partial charge is 0.326 e. The van der Waals surface area contributed by atoms with Crippen molar-refractivity contribution < 1.29 is 8.42 Å². The minimum absolute atomic E-state index is 0.0965. The highest BCUT2D eigenvalue weighted by Crippen LogP contribution is 2.09. The summed E-state index contributed by atoms with van der Waals surface area (Å²) < 4.78 is 23.1. The van der Waals surface area contributed by atoms with Crippen molar-refractivity contribution in [3.8, 4) is 0 Å². The minimum Gasteiger partial charge on any atom is -0.326 e. The molecule has 0 aromatic carbocycles. The molecular weight excluding hydrogens is 242 g/mol. The Morgan fingerprint density at radius 2 is 2.07 bits per heavy atom. The molecule has 15 heavy (non-hydrogen) atoms. The van der Waals surface area contributed by atoms with E-state index >= 15 is 0 Å². The zero-order valence-electron chi connectivity index (χ0n) is 8.11. The van der Waals surface area contributed by atoms with Crippen LogP contribution in [0.25, 0.3) is 0 Å². The lowest BCUT2D eigenvalue weighted by Gasteiger charge is -2.12. The molecule has 0 saturated heterocycles. The first-order chi connectivity index (χ1) is 6.83. The lowest BCUT2D eigenvalue weighted by Crippen LogP contribution is -2.36.